The number of sulfonamides is 1. The van der Waals surface area contributed by atoms with Crippen LogP contribution < -0.4 is 4.72 Å². The Hall–Kier alpha value is -1.40. The van der Waals surface area contributed by atoms with Gasteiger partial charge in [0.25, 0.3) is 0 Å². The Kier molecular flexibility index (Phi) is 4.03. The minimum Gasteiger partial charge on any atom is -0.465 e. The van der Waals surface area contributed by atoms with E-state index < -0.39 is 16.0 Å². The van der Waals surface area contributed by atoms with Crippen LogP contribution in [0.3, 0.4) is 0 Å². The van der Waals surface area contributed by atoms with E-state index in [0.29, 0.717) is 12.1 Å². The molecular weight excluding hydrogens is 230 g/mol. The normalized spacial score (nSPS) is 11.1. The van der Waals surface area contributed by atoms with Crippen LogP contribution in [0, 0.1) is 0 Å². The largest absolute Gasteiger partial charge is 0.465 e. The Morgan fingerprint density at radius 2 is 1.88 bits per heavy atom. The summed E-state index contributed by atoms with van der Waals surface area (Å²) in [5.74, 6) is -0.493. The highest BCUT2D eigenvalue weighted by Gasteiger charge is 2.13. The van der Waals surface area contributed by atoms with E-state index in [1.807, 2.05) is 0 Å². The van der Waals surface area contributed by atoms with Gasteiger partial charge >= 0.3 is 5.97 Å². The Balaban J connectivity index is 3.00. The summed E-state index contributed by atoms with van der Waals surface area (Å²) in [6.45, 7) is 2.02. The van der Waals surface area contributed by atoms with Crippen molar-refractivity contribution in [2.75, 3.05) is 13.7 Å². The van der Waals surface area contributed by atoms with Gasteiger partial charge in [-0.2, -0.15) is 0 Å². The van der Waals surface area contributed by atoms with Crippen LogP contribution >= 0.6 is 0 Å². The lowest BCUT2D eigenvalue weighted by Crippen LogP contribution is -2.23. The Morgan fingerprint density at radius 1 is 1.31 bits per heavy atom. The molecule has 0 heterocycles. The average molecular weight is 243 g/mol. The maximum Gasteiger partial charge on any atom is 0.337 e. The standard InChI is InChI=1S/C10H13NO4S/c1-3-11-16(13,14)9-6-4-8(5-7-9)10(12)15-2/h4-7,11H,3H2,1-2H3. The van der Waals surface area contributed by atoms with E-state index in [2.05, 4.69) is 9.46 Å². The maximum atomic E-state index is 11.6. The zero-order valence-corrected chi connectivity index (χ0v) is 9.87. The van der Waals surface area contributed by atoms with Gasteiger partial charge < -0.3 is 4.74 Å². The first-order chi connectivity index (χ1) is 7.51. The molecule has 0 aliphatic heterocycles. The second kappa shape index (κ2) is 5.09. The number of ether oxygens (including phenoxy) is 1. The number of nitrogens with one attached hydrogen (secondary N) is 1. The number of hydrogen-bond donors (Lipinski definition) is 1. The molecule has 0 atom stereocenters. The number of methoxy groups -OCH3 is 1. The summed E-state index contributed by atoms with van der Waals surface area (Å²) in [7, 11) is -2.19. The molecule has 0 radical (unpaired) electrons. The summed E-state index contributed by atoms with van der Waals surface area (Å²) < 4.78 is 30.0. The van der Waals surface area contributed by atoms with Crippen molar-refractivity contribution in [2.24, 2.45) is 0 Å². The van der Waals surface area contributed by atoms with E-state index in [1.54, 1.807) is 6.92 Å². The van der Waals surface area contributed by atoms with Crippen molar-refractivity contribution in [3.8, 4) is 0 Å². The molecule has 1 aromatic rings. The number of hydrogen-bond acceptors (Lipinski definition) is 4. The summed E-state index contributed by atoms with van der Waals surface area (Å²) in [5.41, 5.74) is 0.318. The Labute approximate surface area is 94.5 Å². The maximum absolute atomic E-state index is 11.6. The van der Waals surface area contributed by atoms with Crippen LogP contribution in [-0.4, -0.2) is 28.0 Å². The predicted molar refractivity (Wildman–Crippen MR) is 58.6 cm³/mol. The van der Waals surface area contributed by atoms with Crippen LogP contribution in [0.2, 0.25) is 0 Å². The lowest BCUT2D eigenvalue weighted by atomic mass is 10.2. The Bertz CT molecular complexity index is 464. The molecule has 0 saturated heterocycles. The number of carbonyl (C=O) groups is 1. The molecular formula is C10H13NO4S. The summed E-state index contributed by atoms with van der Waals surface area (Å²) in [6, 6.07) is 5.56. The first kappa shape index (κ1) is 12.7. The third-order valence-corrected chi connectivity index (χ3v) is 3.48. The quantitative estimate of drug-likeness (QED) is 0.793. The van der Waals surface area contributed by atoms with Gasteiger partial charge in [-0.05, 0) is 24.3 Å². The first-order valence-electron chi connectivity index (χ1n) is 4.69. The Morgan fingerprint density at radius 3 is 2.31 bits per heavy atom. The lowest BCUT2D eigenvalue weighted by Gasteiger charge is -2.04. The van der Waals surface area contributed by atoms with Crippen molar-refractivity contribution >= 4 is 16.0 Å². The van der Waals surface area contributed by atoms with E-state index in [4.69, 9.17) is 0 Å². The minimum atomic E-state index is -3.46. The van der Waals surface area contributed by atoms with Crippen molar-refractivity contribution in [3.63, 3.8) is 0 Å². The van der Waals surface area contributed by atoms with E-state index in [0.717, 1.165) is 0 Å². The minimum absolute atomic E-state index is 0.127. The molecule has 88 valence electrons. The highest BCUT2D eigenvalue weighted by molar-refractivity contribution is 7.89. The van der Waals surface area contributed by atoms with Crippen LogP contribution in [0.15, 0.2) is 29.2 Å². The second-order valence-corrected chi connectivity index (χ2v) is 4.78. The fraction of sp³-hybridized carbons (Fsp3) is 0.300. The third kappa shape index (κ3) is 2.80. The van der Waals surface area contributed by atoms with Crippen molar-refractivity contribution in [1.82, 2.24) is 4.72 Å². The van der Waals surface area contributed by atoms with Gasteiger partial charge in [0.1, 0.15) is 0 Å². The van der Waals surface area contributed by atoms with Gasteiger partial charge in [0, 0.05) is 6.54 Å². The summed E-state index contributed by atoms with van der Waals surface area (Å²) >= 11 is 0. The van der Waals surface area contributed by atoms with Crippen molar-refractivity contribution in [1.29, 1.82) is 0 Å². The fourth-order valence-corrected chi connectivity index (χ4v) is 2.20. The van der Waals surface area contributed by atoms with Crippen LogP contribution in [-0.2, 0) is 14.8 Å². The number of carbonyl (C=O) groups excluding carboxylic acids is 1. The van der Waals surface area contributed by atoms with Gasteiger partial charge in [-0.25, -0.2) is 17.9 Å². The van der Waals surface area contributed by atoms with Crippen LogP contribution in [0.1, 0.15) is 17.3 Å². The molecule has 0 aromatic heterocycles. The molecule has 0 spiro atoms. The third-order valence-electron chi connectivity index (χ3n) is 1.92. The topological polar surface area (TPSA) is 72.5 Å². The summed E-state index contributed by atoms with van der Waals surface area (Å²) in [4.78, 5) is 11.2. The molecule has 0 aliphatic rings. The number of benzene rings is 1. The van der Waals surface area contributed by atoms with Gasteiger partial charge in [0.2, 0.25) is 10.0 Å². The number of rotatable bonds is 4. The zero-order valence-electron chi connectivity index (χ0n) is 9.06. The summed E-state index contributed by atoms with van der Waals surface area (Å²) in [5, 5.41) is 0. The highest BCUT2D eigenvalue weighted by atomic mass is 32.2. The predicted octanol–water partition coefficient (Wildman–Crippen LogP) is 0.771. The number of esters is 1. The lowest BCUT2D eigenvalue weighted by molar-refractivity contribution is 0.0600. The molecule has 0 amide bonds. The molecule has 0 bridgehead atoms. The average Bonchev–Trinajstić information content (AvgIpc) is 2.28. The molecule has 1 aromatic carbocycles. The highest BCUT2D eigenvalue weighted by Crippen LogP contribution is 2.10. The van der Waals surface area contributed by atoms with Gasteiger partial charge in [-0.15, -0.1) is 0 Å². The monoisotopic (exact) mass is 243 g/mol. The van der Waals surface area contributed by atoms with E-state index in [-0.39, 0.29) is 4.90 Å². The van der Waals surface area contributed by atoms with Gasteiger partial charge in [-0.1, -0.05) is 6.92 Å². The van der Waals surface area contributed by atoms with Gasteiger partial charge in [0.05, 0.1) is 17.6 Å². The molecule has 1 N–H and O–H groups in total. The molecule has 5 nitrogen and oxygen atoms in total. The molecule has 0 unspecified atom stereocenters. The van der Waals surface area contributed by atoms with E-state index in [1.165, 1.54) is 31.4 Å². The molecule has 1 rings (SSSR count). The van der Waals surface area contributed by atoms with Crippen LogP contribution in [0.5, 0.6) is 0 Å². The molecule has 0 fully saturated rings. The summed E-state index contributed by atoms with van der Waals surface area (Å²) in [6.07, 6.45) is 0. The molecule has 6 heteroatoms. The second-order valence-electron chi connectivity index (χ2n) is 3.02. The van der Waals surface area contributed by atoms with Crippen molar-refractivity contribution in [2.45, 2.75) is 11.8 Å². The molecule has 16 heavy (non-hydrogen) atoms. The van der Waals surface area contributed by atoms with Crippen molar-refractivity contribution < 1.29 is 17.9 Å². The van der Waals surface area contributed by atoms with Gasteiger partial charge in [0.15, 0.2) is 0 Å². The first-order valence-corrected chi connectivity index (χ1v) is 6.17. The molecule has 0 aliphatic carbocycles. The van der Waals surface area contributed by atoms with E-state index in [9.17, 15) is 13.2 Å². The zero-order chi connectivity index (χ0) is 12.2. The smallest absolute Gasteiger partial charge is 0.337 e. The van der Waals surface area contributed by atoms with E-state index >= 15 is 0 Å². The molecule has 0 saturated carbocycles. The van der Waals surface area contributed by atoms with Crippen LogP contribution in [0.4, 0.5) is 0 Å². The van der Waals surface area contributed by atoms with Gasteiger partial charge in [-0.3, -0.25) is 0 Å². The SMILES string of the molecule is CCNS(=O)(=O)c1ccc(C(=O)OC)cc1. The fourth-order valence-electron chi connectivity index (χ4n) is 1.16. The van der Waals surface area contributed by atoms with Crippen molar-refractivity contribution in [3.05, 3.63) is 29.8 Å². The van der Waals surface area contributed by atoms with Crippen LogP contribution in [0.25, 0.3) is 0 Å².